The first-order valence-electron chi connectivity index (χ1n) is 8.84. The van der Waals surface area contributed by atoms with Crippen LogP contribution >= 0.6 is 0 Å². The molecular formula is C21H21NO5. The van der Waals surface area contributed by atoms with Crippen molar-refractivity contribution in [1.82, 2.24) is 4.98 Å². The van der Waals surface area contributed by atoms with E-state index in [2.05, 4.69) is 4.98 Å². The van der Waals surface area contributed by atoms with E-state index in [9.17, 15) is 9.59 Å². The number of carbonyl (C=O) groups is 2. The maximum Gasteiger partial charge on any atom is 0.324 e. The van der Waals surface area contributed by atoms with E-state index in [4.69, 9.17) is 13.9 Å². The number of oxazole rings is 1. The van der Waals surface area contributed by atoms with E-state index in [0.29, 0.717) is 17.2 Å². The smallest absolute Gasteiger partial charge is 0.324 e. The van der Waals surface area contributed by atoms with Crippen LogP contribution in [0.1, 0.15) is 31.1 Å². The Hall–Kier alpha value is -3.15. The number of carbonyl (C=O) groups excluding carboxylic acids is 2. The minimum Gasteiger partial charge on any atom is -0.465 e. The fourth-order valence-corrected chi connectivity index (χ4v) is 3.05. The van der Waals surface area contributed by atoms with Crippen molar-refractivity contribution in [2.75, 3.05) is 13.2 Å². The van der Waals surface area contributed by atoms with Crippen molar-refractivity contribution < 1.29 is 23.5 Å². The van der Waals surface area contributed by atoms with E-state index in [0.717, 1.165) is 16.3 Å². The molecule has 0 aliphatic rings. The molecule has 3 aromatic rings. The summed E-state index contributed by atoms with van der Waals surface area (Å²) in [6, 6.07) is 11.0. The number of nitrogens with zero attached hydrogens (tertiary/aromatic N) is 1. The maximum absolute atomic E-state index is 12.5. The van der Waals surface area contributed by atoms with Crippen molar-refractivity contribution in [2.24, 2.45) is 0 Å². The van der Waals surface area contributed by atoms with Crippen molar-refractivity contribution in [3.05, 3.63) is 53.9 Å². The van der Waals surface area contributed by atoms with Crippen molar-refractivity contribution in [1.29, 1.82) is 0 Å². The van der Waals surface area contributed by atoms with Crippen molar-refractivity contribution in [3.63, 3.8) is 0 Å². The molecule has 3 rings (SSSR count). The van der Waals surface area contributed by atoms with Gasteiger partial charge in [0.25, 0.3) is 0 Å². The van der Waals surface area contributed by atoms with Crippen molar-refractivity contribution in [2.45, 2.75) is 26.7 Å². The molecule has 0 saturated carbocycles. The molecule has 0 N–H and O–H groups in total. The molecule has 6 nitrogen and oxygen atoms in total. The lowest BCUT2D eigenvalue weighted by atomic mass is 9.91. The maximum atomic E-state index is 12.5. The van der Waals surface area contributed by atoms with Crippen molar-refractivity contribution in [3.8, 4) is 11.5 Å². The molecule has 0 unspecified atom stereocenters. The van der Waals surface area contributed by atoms with Crippen LogP contribution in [0, 0.1) is 6.92 Å². The standard InChI is InChI=1S/C21H21NO5/c1-4-25-20(23)18(21(24)26-5-2)16-10-6-9-15-14(16)8-7-11-17(15)19-22-12-13(3)27-19/h6-12,18H,4-5H2,1-3H3. The second-order valence-electron chi connectivity index (χ2n) is 5.96. The Morgan fingerprint density at radius 3 is 2.22 bits per heavy atom. The largest absolute Gasteiger partial charge is 0.465 e. The van der Waals surface area contributed by atoms with Crippen LogP contribution in [-0.4, -0.2) is 30.1 Å². The summed E-state index contributed by atoms with van der Waals surface area (Å²) in [5.41, 5.74) is 1.32. The van der Waals surface area contributed by atoms with E-state index in [1.165, 1.54) is 0 Å². The Bertz CT molecular complexity index is 958. The molecular weight excluding hydrogens is 346 g/mol. The number of hydrogen-bond donors (Lipinski definition) is 0. The average Bonchev–Trinajstić information content (AvgIpc) is 3.08. The topological polar surface area (TPSA) is 78.6 Å². The lowest BCUT2D eigenvalue weighted by Gasteiger charge is -2.17. The zero-order chi connectivity index (χ0) is 19.4. The van der Waals surface area contributed by atoms with Crippen LogP contribution in [0.5, 0.6) is 0 Å². The van der Waals surface area contributed by atoms with Gasteiger partial charge in [-0.05, 0) is 43.2 Å². The van der Waals surface area contributed by atoms with Gasteiger partial charge in [0, 0.05) is 5.56 Å². The fourth-order valence-electron chi connectivity index (χ4n) is 3.05. The average molecular weight is 367 g/mol. The Kier molecular flexibility index (Phi) is 5.54. The predicted molar refractivity (Wildman–Crippen MR) is 100 cm³/mol. The Balaban J connectivity index is 2.18. The van der Waals surface area contributed by atoms with Gasteiger partial charge in [-0.2, -0.15) is 0 Å². The molecule has 140 valence electrons. The highest BCUT2D eigenvalue weighted by atomic mass is 16.6. The summed E-state index contributed by atoms with van der Waals surface area (Å²) in [5, 5.41) is 1.58. The van der Waals surface area contributed by atoms with Gasteiger partial charge in [0.2, 0.25) is 5.89 Å². The van der Waals surface area contributed by atoms with Gasteiger partial charge >= 0.3 is 11.9 Å². The first-order valence-corrected chi connectivity index (χ1v) is 8.84. The Morgan fingerprint density at radius 2 is 1.63 bits per heavy atom. The predicted octanol–water partition coefficient (Wildman–Crippen LogP) is 4.01. The molecule has 2 aromatic carbocycles. The zero-order valence-corrected chi connectivity index (χ0v) is 15.5. The minimum absolute atomic E-state index is 0.181. The van der Waals surface area contributed by atoms with Crippen LogP contribution in [0.25, 0.3) is 22.2 Å². The van der Waals surface area contributed by atoms with E-state index >= 15 is 0 Å². The molecule has 0 saturated heterocycles. The van der Waals surface area contributed by atoms with Gasteiger partial charge in [0.15, 0.2) is 5.92 Å². The highest BCUT2D eigenvalue weighted by Gasteiger charge is 2.33. The molecule has 27 heavy (non-hydrogen) atoms. The summed E-state index contributed by atoms with van der Waals surface area (Å²) in [4.78, 5) is 29.3. The summed E-state index contributed by atoms with van der Waals surface area (Å²) >= 11 is 0. The third-order valence-corrected chi connectivity index (χ3v) is 4.16. The fraction of sp³-hybridized carbons (Fsp3) is 0.286. The van der Waals surface area contributed by atoms with Gasteiger partial charge in [-0.25, -0.2) is 4.98 Å². The van der Waals surface area contributed by atoms with Crippen molar-refractivity contribution >= 4 is 22.7 Å². The van der Waals surface area contributed by atoms with Crippen LogP contribution in [-0.2, 0) is 19.1 Å². The van der Waals surface area contributed by atoms with Crippen LogP contribution in [0.4, 0.5) is 0 Å². The summed E-state index contributed by atoms with van der Waals surface area (Å²) in [6.45, 7) is 5.59. The molecule has 0 atom stereocenters. The number of rotatable bonds is 6. The van der Waals surface area contributed by atoms with E-state index in [-0.39, 0.29) is 13.2 Å². The molecule has 0 radical (unpaired) electrons. The molecule has 0 bridgehead atoms. The third-order valence-electron chi connectivity index (χ3n) is 4.16. The van der Waals surface area contributed by atoms with Gasteiger partial charge in [-0.3, -0.25) is 9.59 Å². The van der Waals surface area contributed by atoms with E-state index in [1.807, 2.05) is 31.2 Å². The molecule has 0 spiro atoms. The van der Waals surface area contributed by atoms with Crippen LogP contribution in [0.3, 0.4) is 0 Å². The van der Waals surface area contributed by atoms with Gasteiger partial charge in [0.1, 0.15) is 5.76 Å². The zero-order valence-electron chi connectivity index (χ0n) is 15.5. The number of esters is 2. The quantitative estimate of drug-likeness (QED) is 0.484. The van der Waals surface area contributed by atoms with E-state index < -0.39 is 17.9 Å². The first kappa shape index (κ1) is 18.6. The summed E-state index contributed by atoms with van der Waals surface area (Å²) < 4.78 is 15.9. The molecule has 0 aliphatic heterocycles. The SMILES string of the molecule is CCOC(=O)C(C(=O)OCC)c1cccc2c(-c3ncc(C)o3)cccc12. The second kappa shape index (κ2) is 8.03. The van der Waals surface area contributed by atoms with Crippen LogP contribution < -0.4 is 0 Å². The summed E-state index contributed by atoms with van der Waals surface area (Å²) in [5.74, 6) is -1.20. The van der Waals surface area contributed by atoms with Crippen LogP contribution in [0.15, 0.2) is 47.0 Å². The number of fused-ring (bicyclic) bond motifs is 1. The molecule has 1 aromatic heterocycles. The van der Waals surface area contributed by atoms with Gasteiger partial charge in [0.05, 0.1) is 19.4 Å². The van der Waals surface area contributed by atoms with Gasteiger partial charge in [-0.15, -0.1) is 0 Å². The second-order valence-corrected chi connectivity index (χ2v) is 5.96. The monoisotopic (exact) mass is 367 g/mol. The first-order chi connectivity index (χ1) is 13.1. The van der Waals surface area contributed by atoms with Gasteiger partial charge < -0.3 is 13.9 Å². The van der Waals surface area contributed by atoms with Gasteiger partial charge in [-0.1, -0.05) is 30.3 Å². The normalized spacial score (nSPS) is 11.0. The minimum atomic E-state index is -1.14. The molecule has 0 amide bonds. The highest BCUT2D eigenvalue weighted by Crippen LogP contribution is 2.34. The van der Waals surface area contributed by atoms with Crippen LogP contribution in [0.2, 0.25) is 0 Å². The van der Waals surface area contributed by atoms with E-state index in [1.54, 1.807) is 32.2 Å². The lowest BCUT2D eigenvalue weighted by molar-refractivity contribution is -0.156. The molecule has 6 heteroatoms. The molecule has 0 fully saturated rings. The Labute approximate surface area is 157 Å². The summed E-state index contributed by atoms with van der Waals surface area (Å²) in [6.07, 6.45) is 1.65. The number of benzene rings is 2. The molecule has 0 aliphatic carbocycles. The summed E-state index contributed by atoms with van der Waals surface area (Å²) in [7, 11) is 0. The number of ether oxygens (including phenoxy) is 2. The Morgan fingerprint density at radius 1 is 1.00 bits per heavy atom. The molecule has 1 heterocycles. The number of hydrogen-bond acceptors (Lipinski definition) is 6. The number of aromatic nitrogens is 1. The number of aryl methyl sites for hydroxylation is 1. The third kappa shape index (κ3) is 3.69. The highest BCUT2D eigenvalue weighted by molar-refractivity contribution is 6.06. The lowest BCUT2D eigenvalue weighted by Crippen LogP contribution is -2.26.